The van der Waals surface area contributed by atoms with E-state index >= 15 is 0 Å². The molecule has 0 saturated carbocycles. The Labute approximate surface area is 34.0 Å². The van der Waals surface area contributed by atoms with Gasteiger partial charge in [0.2, 0.25) is 0 Å². The lowest BCUT2D eigenvalue weighted by molar-refractivity contribution is -0.176. The number of hydrogen-bond acceptors (Lipinski definition) is 4. The molecule has 0 aromatic heterocycles. The van der Waals surface area contributed by atoms with Crippen molar-refractivity contribution in [1.82, 2.24) is 0 Å². The van der Waals surface area contributed by atoms with Gasteiger partial charge < -0.3 is 0 Å². The lowest BCUT2D eigenvalue weighted by Crippen LogP contribution is -1.62. The second kappa shape index (κ2) is 28.5. The Morgan fingerprint density at radius 3 is 1.17 bits per heavy atom. The number of carbonyl (C=O) groups excluding carboxylic acids is 2. The molecule has 0 aliphatic rings. The van der Waals surface area contributed by atoms with Crippen molar-refractivity contribution in [2.75, 3.05) is 0 Å². The molecule has 0 aromatic rings. The zero-order valence-electron chi connectivity index (χ0n) is 2.87. The van der Waals surface area contributed by atoms with Gasteiger partial charge in [-0.25, -0.2) is 0 Å². The van der Waals surface area contributed by atoms with Crippen molar-refractivity contribution in [3.05, 3.63) is 0 Å². The van der Waals surface area contributed by atoms with Crippen LogP contribution in [0.15, 0.2) is 0 Å². The molecule has 0 radical (unpaired) electrons. The van der Waals surface area contributed by atoms with Gasteiger partial charge in [0.05, 0.1) is 0 Å². The SMILES string of the molecule is O=CC=O.OO. The van der Waals surface area contributed by atoms with Gasteiger partial charge in [-0.3, -0.25) is 20.1 Å². The molecule has 0 unspecified atom stereocenters. The van der Waals surface area contributed by atoms with Gasteiger partial charge in [-0.1, -0.05) is 0 Å². The van der Waals surface area contributed by atoms with Crippen molar-refractivity contribution < 1.29 is 20.1 Å². The third-order valence-electron chi connectivity index (χ3n) is 0.0556. The summed E-state index contributed by atoms with van der Waals surface area (Å²) in [5.41, 5.74) is 0. The highest BCUT2D eigenvalue weighted by molar-refractivity contribution is 6.09. The van der Waals surface area contributed by atoms with E-state index < -0.39 is 0 Å². The molecule has 2 N–H and O–H groups in total. The molecule has 0 amide bonds. The van der Waals surface area contributed by atoms with E-state index in [9.17, 15) is 0 Å². The second-order valence-corrected chi connectivity index (χ2v) is 0.272. The van der Waals surface area contributed by atoms with Crippen LogP contribution >= 0.6 is 0 Å². The fourth-order valence-corrected chi connectivity index (χ4v) is 0. The molecule has 4 heteroatoms. The number of rotatable bonds is 1. The molecule has 0 heterocycles. The van der Waals surface area contributed by atoms with Gasteiger partial charge in [-0.05, 0) is 0 Å². The summed E-state index contributed by atoms with van der Waals surface area (Å²) in [4.78, 5) is 17.6. The summed E-state index contributed by atoms with van der Waals surface area (Å²) >= 11 is 0. The van der Waals surface area contributed by atoms with E-state index in [1.54, 1.807) is 0 Å². The fourth-order valence-electron chi connectivity index (χ4n) is 0. The van der Waals surface area contributed by atoms with Crippen molar-refractivity contribution in [3.63, 3.8) is 0 Å². The molecule has 0 saturated heterocycles. The summed E-state index contributed by atoms with van der Waals surface area (Å²) < 4.78 is 0. The molecular formula is C2H4O4. The van der Waals surface area contributed by atoms with E-state index in [4.69, 9.17) is 20.1 Å². The topological polar surface area (TPSA) is 74.6 Å². The average molecular weight is 92.0 g/mol. The molecule has 0 atom stereocenters. The number of hydrogen-bond donors (Lipinski definition) is 2. The van der Waals surface area contributed by atoms with Crippen molar-refractivity contribution in [3.8, 4) is 0 Å². The third kappa shape index (κ3) is 246. The minimum atomic E-state index is 0.194. The quantitative estimate of drug-likeness (QED) is 0.196. The van der Waals surface area contributed by atoms with Crippen molar-refractivity contribution in [2.24, 2.45) is 0 Å². The van der Waals surface area contributed by atoms with Crippen LogP contribution in [-0.4, -0.2) is 23.1 Å². The normalized spacial score (nSPS) is 4.33. The van der Waals surface area contributed by atoms with Crippen LogP contribution in [0, 0.1) is 0 Å². The fraction of sp³-hybridized carbons (Fsp3) is 0. The summed E-state index contributed by atoms with van der Waals surface area (Å²) in [5.74, 6) is 0. The van der Waals surface area contributed by atoms with Crippen LogP contribution in [0.4, 0.5) is 0 Å². The molecule has 4 nitrogen and oxygen atoms in total. The third-order valence-corrected chi connectivity index (χ3v) is 0.0556. The first kappa shape index (κ1) is 8.98. The molecular weight excluding hydrogens is 88.0 g/mol. The molecule has 0 fully saturated rings. The lowest BCUT2D eigenvalue weighted by Gasteiger charge is -1.31. The summed E-state index contributed by atoms with van der Waals surface area (Å²) in [7, 11) is 0. The standard InChI is InChI=1S/C2H2O2.H2O2/c3-1-2-4;1-2/h1-2H;1-2H. The van der Waals surface area contributed by atoms with Crippen molar-refractivity contribution in [1.29, 1.82) is 0 Å². The zero-order valence-corrected chi connectivity index (χ0v) is 2.87. The summed E-state index contributed by atoms with van der Waals surface area (Å²) in [5, 5.41) is 12.0. The van der Waals surface area contributed by atoms with Crippen molar-refractivity contribution >= 4 is 12.6 Å². The predicted octanol–water partition coefficient (Wildman–Crippen LogP) is -0.598. The molecule has 0 spiro atoms. The Kier molecular flexibility index (Phi) is 42.7. The van der Waals surface area contributed by atoms with Crippen LogP contribution in [-0.2, 0) is 9.59 Å². The van der Waals surface area contributed by atoms with E-state index in [2.05, 4.69) is 0 Å². The molecule has 36 valence electrons. The predicted molar refractivity (Wildman–Crippen MR) is 17.4 cm³/mol. The van der Waals surface area contributed by atoms with Crippen LogP contribution < -0.4 is 0 Å². The molecule has 6 heavy (non-hydrogen) atoms. The maximum atomic E-state index is 8.81. The van der Waals surface area contributed by atoms with E-state index in [0.717, 1.165) is 0 Å². The smallest absolute Gasteiger partial charge is 0.182 e. The first-order chi connectivity index (χ1) is 2.91. The monoisotopic (exact) mass is 92.0 g/mol. The summed E-state index contributed by atoms with van der Waals surface area (Å²) in [6.07, 6.45) is 0.389. The van der Waals surface area contributed by atoms with Gasteiger partial charge in [0.15, 0.2) is 12.6 Å². The minimum Gasteiger partial charge on any atom is -0.295 e. The lowest BCUT2D eigenvalue weighted by atomic mass is 10.9. The number of carbonyl (C=O) groups is 2. The Morgan fingerprint density at radius 2 is 1.17 bits per heavy atom. The van der Waals surface area contributed by atoms with Gasteiger partial charge >= 0.3 is 0 Å². The van der Waals surface area contributed by atoms with Crippen LogP contribution in [0.3, 0.4) is 0 Å². The Bertz CT molecular complexity index is 26.5. The van der Waals surface area contributed by atoms with Gasteiger partial charge in [-0.2, -0.15) is 0 Å². The summed E-state index contributed by atoms with van der Waals surface area (Å²) in [6.45, 7) is 0. The molecule has 0 aliphatic heterocycles. The van der Waals surface area contributed by atoms with E-state index in [0.29, 0.717) is 0 Å². The first-order valence-corrected chi connectivity index (χ1v) is 1.00. The van der Waals surface area contributed by atoms with Crippen LogP contribution in [0.5, 0.6) is 0 Å². The van der Waals surface area contributed by atoms with Gasteiger partial charge in [0, 0.05) is 0 Å². The average Bonchev–Trinajstić information content (AvgIpc) is 1.72. The number of aldehydes is 2. The molecule has 0 rings (SSSR count). The van der Waals surface area contributed by atoms with Gasteiger partial charge in [0.1, 0.15) is 0 Å². The zero-order chi connectivity index (χ0) is 5.41. The highest BCUT2D eigenvalue weighted by Gasteiger charge is 1.47. The Morgan fingerprint density at radius 1 is 1.00 bits per heavy atom. The van der Waals surface area contributed by atoms with E-state index in [-0.39, 0.29) is 12.6 Å². The summed E-state index contributed by atoms with van der Waals surface area (Å²) in [6, 6.07) is 0. The van der Waals surface area contributed by atoms with E-state index in [1.165, 1.54) is 0 Å². The van der Waals surface area contributed by atoms with Crippen LogP contribution in [0.25, 0.3) is 0 Å². The Balaban J connectivity index is 0. The van der Waals surface area contributed by atoms with Gasteiger partial charge in [-0.15, -0.1) is 0 Å². The highest BCUT2D eigenvalue weighted by Crippen LogP contribution is 1.12. The maximum Gasteiger partial charge on any atom is 0.182 e. The Hall–Kier alpha value is -0.740. The van der Waals surface area contributed by atoms with Crippen LogP contribution in [0.1, 0.15) is 0 Å². The van der Waals surface area contributed by atoms with Crippen molar-refractivity contribution in [2.45, 2.75) is 0 Å². The first-order valence-electron chi connectivity index (χ1n) is 1.00. The molecule has 0 aromatic carbocycles. The van der Waals surface area contributed by atoms with Gasteiger partial charge in [0.25, 0.3) is 0 Å². The second-order valence-electron chi connectivity index (χ2n) is 0.272. The largest absolute Gasteiger partial charge is 0.295 e. The highest BCUT2D eigenvalue weighted by atomic mass is 17.0. The van der Waals surface area contributed by atoms with E-state index in [1.807, 2.05) is 0 Å². The molecule has 0 aliphatic carbocycles. The minimum absolute atomic E-state index is 0.194. The maximum absolute atomic E-state index is 8.81. The van der Waals surface area contributed by atoms with Crippen LogP contribution in [0.2, 0.25) is 0 Å². The molecule has 0 bridgehead atoms.